The number of nitrogens with zero attached hydrogens (tertiary/aromatic N) is 1. The van der Waals surface area contributed by atoms with E-state index in [4.69, 9.17) is 10.00 Å². The Kier molecular flexibility index (Phi) is 7.72. The summed E-state index contributed by atoms with van der Waals surface area (Å²) in [4.78, 5) is 16.1. The molecule has 0 spiro atoms. The van der Waals surface area contributed by atoms with Crippen LogP contribution in [0.2, 0.25) is 0 Å². The van der Waals surface area contributed by atoms with Gasteiger partial charge in [-0.2, -0.15) is 5.26 Å². The molecule has 1 aliphatic rings. The first-order valence-corrected chi connectivity index (χ1v) is 11.0. The third kappa shape index (κ3) is 6.36. The minimum atomic E-state index is -0.00967. The lowest BCUT2D eigenvalue weighted by molar-refractivity contribution is -0.908. The number of nitrogens with one attached hydrogen (secondary N) is 2. The molecule has 1 saturated heterocycles. The van der Waals surface area contributed by atoms with Crippen molar-refractivity contribution in [1.82, 2.24) is 0 Å². The summed E-state index contributed by atoms with van der Waals surface area (Å²) in [6.45, 7) is 2.90. The molecule has 0 aliphatic carbocycles. The van der Waals surface area contributed by atoms with Crippen molar-refractivity contribution in [3.05, 3.63) is 46.7 Å². The highest BCUT2D eigenvalue weighted by Crippen LogP contribution is 2.26. The summed E-state index contributed by atoms with van der Waals surface area (Å²) >= 11 is 3.16. The smallest absolute Gasteiger partial charge is 0.279 e. The van der Waals surface area contributed by atoms with E-state index >= 15 is 0 Å². The third-order valence-corrected chi connectivity index (χ3v) is 6.23. The molecule has 3 rings (SSSR count). The lowest BCUT2D eigenvalue weighted by Gasteiger charge is -2.21. The number of benzene rings is 1. The van der Waals surface area contributed by atoms with Gasteiger partial charge in [0.15, 0.2) is 6.54 Å². The normalized spacial score (nSPS) is 17.4. The SMILES string of the molecule is N#CCSc1ccccc1NC(=O)C[NH+](Cc1cccs1)C[C@@H]1CCCO1. The number of rotatable bonds is 9. The number of thiophene rings is 1. The Labute approximate surface area is 168 Å². The van der Waals surface area contributed by atoms with E-state index in [2.05, 4.69) is 22.8 Å². The summed E-state index contributed by atoms with van der Waals surface area (Å²) in [5.41, 5.74) is 0.773. The summed E-state index contributed by atoms with van der Waals surface area (Å²) in [6, 6.07) is 13.9. The molecule has 27 heavy (non-hydrogen) atoms. The number of hydrogen-bond donors (Lipinski definition) is 2. The second-order valence-corrected chi connectivity index (χ2v) is 8.56. The average molecular weight is 403 g/mol. The highest BCUT2D eigenvalue weighted by Gasteiger charge is 2.24. The lowest BCUT2D eigenvalue weighted by atomic mass is 10.2. The molecule has 142 valence electrons. The van der Waals surface area contributed by atoms with Gasteiger partial charge in [-0.25, -0.2) is 0 Å². The van der Waals surface area contributed by atoms with Crippen LogP contribution < -0.4 is 10.2 Å². The first kappa shape index (κ1) is 19.9. The monoisotopic (exact) mass is 402 g/mol. The van der Waals surface area contributed by atoms with Crippen molar-refractivity contribution >= 4 is 34.7 Å². The molecule has 0 bridgehead atoms. The minimum absolute atomic E-state index is 0.00967. The van der Waals surface area contributed by atoms with Crippen LogP contribution in [0.4, 0.5) is 5.69 Å². The fourth-order valence-electron chi connectivity index (χ4n) is 3.22. The summed E-state index contributed by atoms with van der Waals surface area (Å²) in [5.74, 6) is 0.353. The predicted octanol–water partition coefficient (Wildman–Crippen LogP) is 2.57. The standard InChI is InChI=1S/C20H23N3O2S2/c21-9-12-27-19-8-2-1-7-18(19)22-20(24)15-23(13-16-5-3-10-25-16)14-17-6-4-11-26-17/h1-2,4,6-8,11,16H,3,5,10,12-15H2,(H,22,24)/p+1/t16-/m0/s1. The molecule has 1 amide bonds. The summed E-state index contributed by atoms with van der Waals surface area (Å²) < 4.78 is 5.78. The first-order chi connectivity index (χ1) is 13.2. The van der Waals surface area contributed by atoms with Crippen LogP contribution in [-0.2, 0) is 16.1 Å². The van der Waals surface area contributed by atoms with Crippen molar-refractivity contribution in [2.45, 2.75) is 30.4 Å². The van der Waals surface area contributed by atoms with Crippen molar-refractivity contribution in [1.29, 1.82) is 5.26 Å². The molecule has 2 aromatic rings. The molecular formula is C20H24N3O2S2+. The summed E-state index contributed by atoms with van der Waals surface area (Å²) in [6.07, 6.45) is 2.42. The van der Waals surface area contributed by atoms with Gasteiger partial charge in [0.05, 0.1) is 22.4 Å². The van der Waals surface area contributed by atoms with Crippen molar-refractivity contribution in [2.24, 2.45) is 0 Å². The van der Waals surface area contributed by atoms with Gasteiger partial charge in [-0.05, 0) is 36.4 Å². The number of amides is 1. The molecule has 1 aromatic carbocycles. The maximum atomic E-state index is 12.7. The zero-order valence-electron chi connectivity index (χ0n) is 15.1. The Bertz CT molecular complexity index is 768. The van der Waals surface area contributed by atoms with E-state index in [1.165, 1.54) is 21.5 Å². The highest BCUT2D eigenvalue weighted by molar-refractivity contribution is 7.99. The summed E-state index contributed by atoms with van der Waals surface area (Å²) in [7, 11) is 0. The van der Waals surface area contributed by atoms with Gasteiger partial charge in [0.1, 0.15) is 19.2 Å². The number of anilines is 1. The van der Waals surface area contributed by atoms with E-state index in [-0.39, 0.29) is 12.0 Å². The van der Waals surface area contributed by atoms with Gasteiger partial charge in [0, 0.05) is 11.5 Å². The van der Waals surface area contributed by atoms with Crippen molar-refractivity contribution < 1.29 is 14.4 Å². The van der Waals surface area contributed by atoms with Crippen LogP contribution in [0.15, 0.2) is 46.7 Å². The highest BCUT2D eigenvalue weighted by atomic mass is 32.2. The van der Waals surface area contributed by atoms with Gasteiger partial charge in [0.25, 0.3) is 5.91 Å². The lowest BCUT2D eigenvalue weighted by Crippen LogP contribution is -3.12. The van der Waals surface area contributed by atoms with Crippen LogP contribution in [0.5, 0.6) is 0 Å². The predicted molar refractivity (Wildman–Crippen MR) is 109 cm³/mol. The Morgan fingerprint density at radius 2 is 2.26 bits per heavy atom. The number of nitriles is 1. The second-order valence-electron chi connectivity index (χ2n) is 6.51. The van der Waals surface area contributed by atoms with Crippen molar-refractivity contribution in [3.63, 3.8) is 0 Å². The van der Waals surface area contributed by atoms with Gasteiger partial charge in [-0.1, -0.05) is 18.2 Å². The minimum Gasteiger partial charge on any atom is -0.372 e. The molecule has 2 atom stereocenters. The maximum Gasteiger partial charge on any atom is 0.279 e. The van der Waals surface area contributed by atoms with Crippen molar-refractivity contribution in [3.8, 4) is 6.07 Å². The fourth-order valence-corrected chi connectivity index (χ4v) is 4.67. The number of hydrogen-bond acceptors (Lipinski definition) is 5. The van der Waals surface area contributed by atoms with Crippen LogP contribution in [0.3, 0.4) is 0 Å². The van der Waals surface area contributed by atoms with Gasteiger partial charge < -0.3 is 15.0 Å². The van der Waals surface area contributed by atoms with E-state index in [0.29, 0.717) is 12.3 Å². The number of carbonyl (C=O) groups excluding carboxylic acids is 1. The largest absolute Gasteiger partial charge is 0.372 e. The Morgan fingerprint density at radius 1 is 1.37 bits per heavy atom. The number of thioether (sulfide) groups is 1. The average Bonchev–Trinajstić information content (AvgIpc) is 3.35. The van der Waals surface area contributed by atoms with E-state index < -0.39 is 0 Å². The number of quaternary nitrogens is 1. The second kappa shape index (κ2) is 10.5. The summed E-state index contributed by atoms with van der Waals surface area (Å²) in [5, 5.41) is 13.9. The van der Waals surface area contributed by atoms with Gasteiger partial charge in [-0.15, -0.1) is 23.1 Å². The Hall–Kier alpha value is -1.85. The molecule has 1 unspecified atom stereocenters. The van der Waals surface area contributed by atoms with Gasteiger partial charge in [0.2, 0.25) is 0 Å². The van der Waals surface area contributed by atoms with E-state index in [9.17, 15) is 4.79 Å². The number of ether oxygens (including phenoxy) is 1. The zero-order valence-corrected chi connectivity index (χ0v) is 16.8. The quantitative estimate of drug-likeness (QED) is 0.633. The van der Waals surface area contributed by atoms with Gasteiger partial charge >= 0.3 is 0 Å². The molecular weight excluding hydrogens is 378 g/mol. The molecule has 5 nitrogen and oxygen atoms in total. The molecule has 1 aliphatic heterocycles. The van der Waals surface area contributed by atoms with Gasteiger partial charge in [-0.3, -0.25) is 4.79 Å². The van der Waals surface area contributed by atoms with Crippen LogP contribution in [-0.4, -0.2) is 37.5 Å². The molecule has 1 aromatic heterocycles. The van der Waals surface area contributed by atoms with Crippen LogP contribution >= 0.6 is 23.1 Å². The van der Waals surface area contributed by atoms with E-state index in [1.807, 2.05) is 30.3 Å². The van der Waals surface area contributed by atoms with E-state index in [0.717, 1.165) is 43.1 Å². The number of para-hydroxylation sites is 1. The first-order valence-electron chi connectivity index (χ1n) is 9.11. The topological polar surface area (TPSA) is 66.6 Å². The molecule has 0 saturated carbocycles. The molecule has 1 fully saturated rings. The third-order valence-electron chi connectivity index (χ3n) is 4.41. The fraction of sp³-hybridized carbons (Fsp3) is 0.400. The van der Waals surface area contributed by atoms with E-state index in [1.54, 1.807) is 11.3 Å². The Morgan fingerprint density at radius 3 is 3.00 bits per heavy atom. The van der Waals surface area contributed by atoms with Crippen LogP contribution in [0.25, 0.3) is 0 Å². The zero-order chi connectivity index (χ0) is 18.9. The Balaban J connectivity index is 1.62. The number of carbonyl (C=O) groups is 1. The molecule has 2 N–H and O–H groups in total. The maximum absolute atomic E-state index is 12.7. The molecule has 0 radical (unpaired) electrons. The van der Waals surface area contributed by atoms with Crippen molar-refractivity contribution in [2.75, 3.05) is 30.8 Å². The van der Waals surface area contributed by atoms with Crippen LogP contribution in [0, 0.1) is 11.3 Å². The molecule has 2 heterocycles. The molecule has 7 heteroatoms. The van der Waals surface area contributed by atoms with Crippen LogP contribution in [0.1, 0.15) is 17.7 Å².